The van der Waals surface area contributed by atoms with E-state index in [1.165, 1.54) is 19.3 Å². The predicted molar refractivity (Wildman–Crippen MR) is 77.7 cm³/mol. The van der Waals surface area contributed by atoms with Gasteiger partial charge in [0.1, 0.15) is 0 Å². The van der Waals surface area contributed by atoms with E-state index >= 15 is 0 Å². The average molecular weight is 322 g/mol. The monoisotopic (exact) mass is 321 g/mol. The summed E-state index contributed by atoms with van der Waals surface area (Å²) in [7, 11) is 0. The number of hydrogen-bond donors (Lipinski definition) is 1. The van der Waals surface area contributed by atoms with Crippen LogP contribution in [0.5, 0.6) is 0 Å². The first-order chi connectivity index (χ1) is 9.22. The summed E-state index contributed by atoms with van der Waals surface area (Å²) >= 11 is 3.42. The maximum atomic E-state index is 5.83. The van der Waals surface area contributed by atoms with E-state index in [4.69, 9.17) is 10.2 Å². The normalized spacial score (nSPS) is 16.7. The van der Waals surface area contributed by atoms with Crippen LogP contribution in [0.2, 0.25) is 0 Å². The first-order valence-electron chi connectivity index (χ1n) is 6.62. The van der Waals surface area contributed by atoms with Gasteiger partial charge in [0.15, 0.2) is 0 Å². The molecular formula is C14H16BrN3O. The molecular weight excluding hydrogens is 306 g/mol. The van der Waals surface area contributed by atoms with Crippen molar-refractivity contribution in [1.29, 1.82) is 0 Å². The van der Waals surface area contributed by atoms with Gasteiger partial charge < -0.3 is 10.2 Å². The molecule has 19 heavy (non-hydrogen) atoms. The van der Waals surface area contributed by atoms with Gasteiger partial charge in [0.05, 0.1) is 0 Å². The Kier molecular flexibility index (Phi) is 3.55. The molecule has 1 aliphatic carbocycles. The minimum absolute atomic E-state index is 0.430. The highest BCUT2D eigenvalue weighted by atomic mass is 79.9. The largest absolute Gasteiger partial charge is 0.420 e. The third-order valence-electron chi connectivity index (χ3n) is 3.56. The molecule has 1 aromatic heterocycles. The molecule has 2 aromatic rings. The van der Waals surface area contributed by atoms with Crippen LogP contribution in [-0.4, -0.2) is 10.2 Å². The van der Waals surface area contributed by atoms with Crippen LogP contribution < -0.4 is 5.73 Å². The molecule has 1 aromatic carbocycles. The molecule has 1 heterocycles. The molecule has 3 rings (SSSR count). The molecule has 0 amide bonds. The average Bonchev–Trinajstić information content (AvgIpc) is 2.88. The second-order valence-electron chi connectivity index (χ2n) is 5.05. The van der Waals surface area contributed by atoms with Gasteiger partial charge in [0.25, 0.3) is 0 Å². The van der Waals surface area contributed by atoms with Crippen molar-refractivity contribution >= 4 is 21.6 Å². The van der Waals surface area contributed by atoms with Crippen molar-refractivity contribution in [3.05, 3.63) is 28.6 Å². The van der Waals surface area contributed by atoms with Crippen molar-refractivity contribution in [3.63, 3.8) is 0 Å². The van der Waals surface area contributed by atoms with Crippen LogP contribution >= 0.6 is 15.9 Å². The zero-order valence-electron chi connectivity index (χ0n) is 10.6. The van der Waals surface area contributed by atoms with Crippen molar-refractivity contribution in [3.8, 4) is 11.5 Å². The van der Waals surface area contributed by atoms with Gasteiger partial charge in [-0.25, -0.2) is 0 Å². The van der Waals surface area contributed by atoms with Gasteiger partial charge >= 0.3 is 0 Å². The molecule has 1 saturated carbocycles. The van der Waals surface area contributed by atoms with Gasteiger partial charge in [-0.3, -0.25) is 0 Å². The highest BCUT2D eigenvalue weighted by molar-refractivity contribution is 9.10. The highest BCUT2D eigenvalue weighted by Crippen LogP contribution is 2.33. The van der Waals surface area contributed by atoms with Crippen molar-refractivity contribution in [1.82, 2.24) is 10.2 Å². The number of benzene rings is 1. The maximum absolute atomic E-state index is 5.83. The van der Waals surface area contributed by atoms with Gasteiger partial charge in [-0.1, -0.05) is 35.2 Å². The molecule has 100 valence electrons. The second-order valence-corrected chi connectivity index (χ2v) is 5.97. The number of aromatic nitrogens is 2. The molecule has 0 unspecified atom stereocenters. The highest BCUT2D eigenvalue weighted by Gasteiger charge is 2.21. The summed E-state index contributed by atoms with van der Waals surface area (Å²) < 4.78 is 6.74. The van der Waals surface area contributed by atoms with Gasteiger partial charge in [0.2, 0.25) is 11.8 Å². The Morgan fingerprint density at radius 2 is 1.89 bits per heavy atom. The minimum Gasteiger partial charge on any atom is -0.420 e. The number of hydrogen-bond acceptors (Lipinski definition) is 4. The van der Waals surface area contributed by atoms with Gasteiger partial charge in [-0.2, -0.15) is 0 Å². The third kappa shape index (κ3) is 2.81. The van der Waals surface area contributed by atoms with Crippen LogP contribution in [0, 0.1) is 0 Å². The summed E-state index contributed by atoms with van der Waals surface area (Å²) in [4.78, 5) is 0. The van der Waals surface area contributed by atoms with Crippen molar-refractivity contribution < 1.29 is 4.42 Å². The molecule has 1 aliphatic rings. The fourth-order valence-corrected chi connectivity index (χ4v) is 3.11. The van der Waals surface area contributed by atoms with E-state index in [9.17, 15) is 0 Å². The Labute approximate surface area is 120 Å². The van der Waals surface area contributed by atoms with E-state index in [-0.39, 0.29) is 0 Å². The quantitative estimate of drug-likeness (QED) is 0.844. The first kappa shape index (κ1) is 12.7. The number of anilines is 1. The summed E-state index contributed by atoms with van der Waals surface area (Å²) in [5, 5.41) is 8.35. The van der Waals surface area contributed by atoms with E-state index in [0.29, 0.717) is 17.5 Å². The topological polar surface area (TPSA) is 64.9 Å². The minimum atomic E-state index is 0.430. The summed E-state index contributed by atoms with van der Waals surface area (Å²) in [6.45, 7) is 0. The Morgan fingerprint density at radius 3 is 2.63 bits per heavy atom. The molecule has 0 saturated heterocycles. The Morgan fingerprint density at radius 1 is 1.11 bits per heavy atom. The van der Waals surface area contributed by atoms with E-state index in [1.54, 1.807) is 0 Å². The zero-order valence-corrected chi connectivity index (χ0v) is 12.2. The van der Waals surface area contributed by atoms with Crippen LogP contribution in [0.3, 0.4) is 0 Å². The molecule has 0 aliphatic heterocycles. The summed E-state index contributed by atoms with van der Waals surface area (Å²) in [6, 6.07) is 5.64. The number of nitrogen functional groups attached to an aromatic ring is 1. The van der Waals surface area contributed by atoms with Crippen molar-refractivity contribution in [2.45, 2.75) is 38.0 Å². The molecule has 0 atom stereocenters. The summed E-state index contributed by atoms with van der Waals surface area (Å²) in [6.07, 6.45) is 6.14. The van der Waals surface area contributed by atoms with E-state index in [0.717, 1.165) is 28.8 Å². The van der Waals surface area contributed by atoms with Crippen LogP contribution in [0.1, 0.15) is 43.9 Å². The molecule has 0 spiro atoms. The van der Waals surface area contributed by atoms with Crippen LogP contribution in [0.4, 0.5) is 5.69 Å². The fraction of sp³-hybridized carbons (Fsp3) is 0.429. The van der Waals surface area contributed by atoms with E-state index in [2.05, 4.69) is 26.1 Å². The second kappa shape index (κ2) is 5.33. The van der Waals surface area contributed by atoms with Crippen molar-refractivity contribution in [2.75, 3.05) is 5.73 Å². The number of rotatable bonds is 2. The smallest absolute Gasteiger partial charge is 0.247 e. The van der Waals surface area contributed by atoms with E-state index < -0.39 is 0 Å². The lowest BCUT2D eigenvalue weighted by atomic mass is 9.89. The lowest BCUT2D eigenvalue weighted by molar-refractivity contribution is 0.367. The number of nitrogens with two attached hydrogens (primary N) is 1. The molecule has 5 heteroatoms. The Bertz CT molecular complexity index is 556. The van der Waals surface area contributed by atoms with Gasteiger partial charge in [-0.15, -0.1) is 10.2 Å². The molecule has 4 nitrogen and oxygen atoms in total. The maximum Gasteiger partial charge on any atom is 0.247 e. The summed E-state index contributed by atoms with van der Waals surface area (Å²) in [5.74, 6) is 1.75. The SMILES string of the molecule is Nc1cc(Br)cc(-c2nnc(C3CCCCC3)o2)c1. The Hall–Kier alpha value is -1.36. The first-order valence-corrected chi connectivity index (χ1v) is 7.41. The van der Waals surface area contributed by atoms with Crippen molar-refractivity contribution in [2.24, 2.45) is 0 Å². The zero-order chi connectivity index (χ0) is 13.2. The molecule has 0 bridgehead atoms. The molecule has 1 fully saturated rings. The van der Waals surface area contributed by atoms with Crippen LogP contribution in [-0.2, 0) is 0 Å². The lowest BCUT2D eigenvalue weighted by Crippen LogP contribution is -2.04. The lowest BCUT2D eigenvalue weighted by Gasteiger charge is -2.17. The predicted octanol–water partition coefficient (Wildman–Crippen LogP) is 4.13. The van der Waals surface area contributed by atoms with Crippen LogP contribution in [0.15, 0.2) is 27.1 Å². The number of nitrogens with zero attached hydrogens (tertiary/aromatic N) is 2. The van der Waals surface area contributed by atoms with Crippen LogP contribution in [0.25, 0.3) is 11.5 Å². The summed E-state index contributed by atoms with van der Waals surface area (Å²) in [5.41, 5.74) is 7.37. The Balaban J connectivity index is 1.87. The molecule has 0 radical (unpaired) electrons. The fourth-order valence-electron chi connectivity index (χ4n) is 2.60. The molecule has 2 N–H and O–H groups in total. The standard InChI is InChI=1S/C14H16BrN3O/c15-11-6-10(7-12(16)8-11)14-18-17-13(19-14)9-4-2-1-3-5-9/h6-9H,1-5,16H2. The third-order valence-corrected chi connectivity index (χ3v) is 4.02. The van der Waals surface area contributed by atoms with Gasteiger partial charge in [0, 0.05) is 21.6 Å². The van der Waals surface area contributed by atoms with E-state index in [1.807, 2.05) is 18.2 Å². The number of halogens is 1. The van der Waals surface area contributed by atoms with Gasteiger partial charge in [-0.05, 0) is 31.0 Å².